The number of amides is 1. The molecule has 0 saturated carbocycles. The molecule has 4 rings (SSSR count). The van der Waals surface area contributed by atoms with Gasteiger partial charge in [-0.3, -0.25) is 9.69 Å². The maximum Gasteiger partial charge on any atom is 0.220 e. The zero-order valence-corrected chi connectivity index (χ0v) is 18.9. The Hall–Kier alpha value is -2.35. The van der Waals surface area contributed by atoms with Crippen molar-refractivity contribution in [3.05, 3.63) is 58.4 Å². The number of morpholine rings is 1. The molecule has 0 aliphatic carbocycles. The fraction of sp³-hybridized carbons (Fsp3) is 0.458. The van der Waals surface area contributed by atoms with Crippen LogP contribution in [0.4, 0.5) is 4.39 Å². The number of halogens is 2. The van der Waals surface area contributed by atoms with Crippen LogP contribution >= 0.6 is 11.6 Å². The predicted octanol–water partition coefficient (Wildman–Crippen LogP) is 3.76. The number of nitrogens with zero attached hydrogens (tertiary/aromatic N) is 1. The molecular weight excluding hydrogens is 435 g/mol. The van der Waals surface area contributed by atoms with Crippen molar-refractivity contribution in [2.45, 2.75) is 31.9 Å². The Bertz CT molecular complexity index is 937. The van der Waals surface area contributed by atoms with Crippen molar-refractivity contribution in [2.75, 3.05) is 39.5 Å². The zero-order valence-electron chi connectivity index (χ0n) is 18.1. The minimum atomic E-state index is -0.368. The number of nitrogens with one attached hydrogen (secondary N) is 1. The molecule has 172 valence electrons. The Morgan fingerprint density at radius 3 is 2.81 bits per heavy atom. The van der Waals surface area contributed by atoms with Gasteiger partial charge in [0, 0.05) is 36.6 Å². The Balaban J connectivity index is 1.39. The summed E-state index contributed by atoms with van der Waals surface area (Å²) in [4.78, 5) is 14.7. The number of aryl methyl sites for hydroxylation is 1. The summed E-state index contributed by atoms with van der Waals surface area (Å²) < 4.78 is 31.5. The Labute approximate surface area is 192 Å². The largest absolute Gasteiger partial charge is 0.486 e. The van der Waals surface area contributed by atoms with Gasteiger partial charge >= 0.3 is 0 Å². The van der Waals surface area contributed by atoms with Gasteiger partial charge in [0.15, 0.2) is 11.5 Å². The van der Waals surface area contributed by atoms with Gasteiger partial charge in [0.05, 0.1) is 18.8 Å². The van der Waals surface area contributed by atoms with Crippen LogP contribution in [-0.4, -0.2) is 56.4 Å². The average Bonchev–Trinajstić information content (AvgIpc) is 2.79. The summed E-state index contributed by atoms with van der Waals surface area (Å²) in [5.74, 6) is 0.976. The molecule has 6 nitrogen and oxygen atoms in total. The minimum absolute atomic E-state index is 0.0303. The Morgan fingerprint density at radius 2 is 2.03 bits per heavy atom. The maximum atomic E-state index is 14.7. The summed E-state index contributed by atoms with van der Waals surface area (Å²) in [7, 11) is 0. The van der Waals surface area contributed by atoms with Crippen LogP contribution in [0.25, 0.3) is 0 Å². The molecule has 1 amide bonds. The van der Waals surface area contributed by atoms with E-state index in [1.807, 2.05) is 25.1 Å². The van der Waals surface area contributed by atoms with Crippen molar-refractivity contribution in [1.29, 1.82) is 0 Å². The average molecular weight is 463 g/mol. The van der Waals surface area contributed by atoms with E-state index >= 15 is 0 Å². The zero-order chi connectivity index (χ0) is 22.5. The molecule has 2 aliphatic rings. The summed E-state index contributed by atoms with van der Waals surface area (Å²) in [6.07, 6.45) is 0.918. The first-order valence-electron chi connectivity index (χ1n) is 11.0. The third kappa shape index (κ3) is 5.52. The van der Waals surface area contributed by atoms with Gasteiger partial charge in [-0.05, 0) is 43.2 Å². The lowest BCUT2D eigenvalue weighted by Crippen LogP contribution is -2.47. The third-order valence-corrected chi connectivity index (χ3v) is 6.12. The molecule has 2 aliphatic heterocycles. The second-order valence-corrected chi connectivity index (χ2v) is 8.52. The van der Waals surface area contributed by atoms with Gasteiger partial charge in [0.1, 0.15) is 19.0 Å². The first kappa shape index (κ1) is 22.8. The van der Waals surface area contributed by atoms with E-state index in [1.54, 1.807) is 12.1 Å². The van der Waals surface area contributed by atoms with Crippen molar-refractivity contribution < 1.29 is 23.4 Å². The molecule has 2 unspecified atom stereocenters. The van der Waals surface area contributed by atoms with Crippen LogP contribution < -0.4 is 14.8 Å². The molecule has 2 aromatic rings. The first-order chi connectivity index (χ1) is 15.5. The van der Waals surface area contributed by atoms with E-state index in [1.165, 1.54) is 6.07 Å². The highest BCUT2D eigenvalue weighted by Gasteiger charge is 2.29. The van der Waals surface area contributed by atoms with E-state index in [2.05, 4.69) is 10.2 Å². The van der Waals surface area contributed by atoms with Crippen LogP contribution in [0.5, 0.6) is 11.5 Å². The van der Waals surface area contributed by atoms with Crippen LogP contribution in [0.1, 0.15) is 30.5 Å². The van der Waals surface area contributed by atoms with Crippen LogP contribution in [0.2, 0.25) is 5.02 Å². The Morgan fingerprint density at radius 1 is 1.22 bits per heavy atom. The maximum absolute atomic E-state index is 14.7. The van der Waals surface area contributed by atoms with E-state index in [4.69, 9.17) is 25.8 Å². The number of benzene rings is 2. The molecule has 2 atom stereocenters. The molecular formula is C24H28ClFN2O4. The molecule has 1 fully saturated rings. The van der Waals surface area contributed by atoms with Crippen LogP contribution in [0.3, 0.4) is 0 Å². The van der Waals surface area contributed by atoms with E-state index in [0.717, 1.165) is 11.3 Å². The lowest BCUT2D eigenvalue weighted by atomic mass is 10.0. The lowest BCUT2D eigenvalue weighted by Gasteiger charge is -2.38. The number of fused-ring (bicyclic) bond motifs is 1. The van der Waals surface area contributed by atoms with Crippen molar-refractivity contribution >= 4 is 17.5 Å². The second-order valence-electron chi connectivity index (χ2n) is 8.11. The van der Waals surface area contributed by atoms with Crippen molar-refractivity contribution in [1.82, 2.24) is 10.2 Å². The normalized spacial score (nSPS) is 19.4. The first-order valence-corrected chi connectivity index (χ1v) is 11.3. The standard InChI is InChI=1S/C24H28ClFN2O4/c1-16-15-28(9-10-30-16)20(24-18(25)3-2-4-19(24)26)14-27-23(29)8-6-17-5-7-21-22(13-17)32-12-11-31-21/h2-5,7,13,16,20H,6,8-12,14-15H2,1H3,(H,27,29). The molecule has 32 heavy (non-hydrogen) atoms. The number of carbonyl (C=O) groups is 1. The van der Waals surface area contributed by atoms with Gasteiger partial charge in [0.2, 0.25) is 5.91 Å². The van der Waals surface area contributed by atoms with Crippen LogP contribution in [0.15, 0.2) is 36.4 Å². The molecule has 0 spiro atoms. The van der Waals surface area contributed by atoms with Gasteiger partial charge < -0.3 is 19.5 Å². The fourth-order valence-electron chi connectivity index (χ4n) is 4.17. The molecule has 0 bridgehead atoms. The molecule has 0 radical (unpaired) electrons. The lowest BCUT2D eigenvalue weighted by molar-refractivity contribution is -0.121. The summed E-state index contributed by atoms with van der Waals surface area (Å²) in [5.41, 5.74) is 1.41. The SMILES string of the molecule is CC1CN(C(CNC(=O)CCc2ccc3c(c2)OCCO3)c2c(F)cccc2Cl)CCO1. The summed E-state index contributed by atoms with van der Waals surface area (Å²) >= 11 is 6.36. The molecule has 0 aromatic heterocycles. The number of carbonyl (C=O) groups excluding carboxylic acids is 1. The van der Waals surface area contributed by atoms with Gasteiger partial charge in [-0.15, -0.1) is 0 Å². The van der Waals surface area contributed by atoms with E-state index in [-0.39, 0.29) is 30.4 Å². The smallest absolute Gasteiger partial charge is 0.220 e. The Kier molecular flexibility index (Phi) is 7.50. The molecule has 1 N–H and O–H groups in total. The number of hydrogen-bond donors (Lipinski definition) is 1. The number of rotatable bonds is 7. The summed E-state index contributed by atoms with van der Waals surface area (Å²) in [5, 5.41) is 3.34. The molecule has 8 heteroatoms. The van der Waals surface area contributed by atoms with Crippen molar-refractivity contribution in [2.24, 2.45) is 0 Å². The topological polar surface area (TPSA) is 60.0 Å². The second kappa shape index (κ2) is 10.5. The van der Waals surface area contributed by atoms with Gasteiger partial charge in [-0.1, -0.05) is 23.7 Å². The van der Waals surface area contributed by atoms with Crippen LogP contribution in [-0.2, 0) is 16.0 Å². The van der Waals surface area contributed by atoms with Crippen LogP contribution in [0, 0.1) is 5.82 Å². The summed E-state index contributed by atoms with van der Waals surface area (Å²) in [6.45, 7) is 5.17. The van der Waals surface area contributed by atoms with Gasteiger partial charge in [-0.25, -0.2) is 4.39 Å². The minimum Gasteiger partial charge on any atom is -0.486 e. The van der Waals surface area contributed by atoms with Crippen molar-refractivity contribution in [3.8, 4) is 11.5 Å². The monoisotopic (exact) mass is 462 g/mol. The molecule has 2 heterocycles. The van der Waals surface area contributed by atoms with Gasteiger partial charge in [-0.2, -0.15) is 0 Å². The molecule has 2 aromatic carbocycles. The van der Waals surface area contributed by atoms with Gasteiger partial charge in [0.25, 0.3) is 0 Å². The highest BCUT2D eigenvalue weighted by molar-refractivity contribution is 6.31. The van der Waals surface area contributed by atoms with E-state index in [9.17, 15) is 9.18 Å². The number of ether oxygens (including phenoxy) is 3. The number of hydrogen-bond acceptors (Lipinski definition) is 5. The van der Waals surface area contributed by atoms with E-state index < -0.39 is 0 Å². The fourth-order valence-corrected chi connectivity index (χ4v) is 4.46. The van der Waals surface area contributed by atoms with E-state index in [0.29, 0.717) is 62.1 Å². The quantitative estimate of drug-likeness (QED) is 0.679. The highest BCUT2D eigenvalue weighted by Crippen LogP contribution is 2.32. The third-order valence-electron chi connectivity index (χ3n) is 5.79. The highest BCUT2D eigenvalue weighted by atomic mass is 35.5. The van der Waals surface area contributed by atoms with Crippen molar-refractivity contribution in [3.63, 3.8) is 0 Å². The summed E-state index contributed by atoms with van der Waals surface area (Å²) in [6, 6.07) is 10.0. The molecule has 1 saturated heterocycles. The predicted molar refractivity (Wildman–Crippen MR) is 120 cm³/mol.